The molecular formula is C19H22N4O3. The van der Waals surface area contributed by atoms with Crippen LogP contribution in [-0.4, -0.2) is 53.7 Å². The molecule has 7 heteroatoms. The SMILES string of the molecule is Cc1cnc(C)c(N2CCCN(C(=O)c3ccc4c(c3)OCO4)CC2)n1. The van der Waals surface area contributed by atoms with Gasteiger partial charge in [0, 0.05) is 37.9 Å². The van der Waals surface area contributed by atoms with Crippen molar-refractivity contribution in [3.63, 3.8) is 0 Å². The highest BCUT2D eigenvalue weighted by molar-refractivity contribution is 5.95. The van der Waals surface area contributed by atoms with Gasteiger partial charge in [0.2, 0.25) is 6.79 Å². The summed E-state index contributed by atoms with van der Waals surface area (Å²) in [4.78, 5) is 26.1. The maximum absolute atomic E-state index is 12.9. The number of hydrogen-bond acceptors (Lipinski definition) is 6. The fraction of sp³-hybridized carbons (Fsp3) is 0.421. The molecular weight excluding hydrogens is 332 g/mol. The minimum Gasteiger partial charge on any atom is -0.454 e. The van der Waals surface area contributed by atoms with E-state index in [0.29, 0.717) is 23.6 Å². The van der Waals surface area contributed by atoms with Crippen molar-refractivity contribution in [2.24, 2.45) is 0 Å². The summed E-state index contributed by atoms with van der Waals surface area (Å²) in [5.74, 6) is 2.27. The molecule has 1 fully saturated rings. The minimum absolute atomic E-state index is 0.0252. The van der Waals surface area contributed by atoms with E-state index in [2.05, 4.69) is 14.9 Å². The third kappa shape index (κ3) is 3.16. The summed E-state index contributed by atoms with van der Waals surface area (Å²) in [6.07, 6.45) is 2.68. The van der Waals surface area contributed by atoms with Gasteiger partial charge in [-0.2, -0.15) is 0 Å². The Morgan fingerprint density at radius 2 is 1.92 bits per heavy atom. The zero-order valence-electron chi connectivity index (χ0n) is 15.1. The molecule has 26 heavy (non-hydrogen) atoms. The van der Waals surface area contributed by atoms with Crippen molar-refractivity contribution >= 4 is 11.7 Å². The molecule has 7 nitrogen and oxygen atoms in total. The van der Waals surface area contributed by atoms with E-state index in [1.807, 2.05) is 18.7 Å². The molecule has 0 atom stereocenters. The second-order valence-electron chi connectivity index (χ2n) is 6.62. The van der Waals surface area contributed by atoms with Crippen LogP contribution >= 0.6 is 0 Å². The van der Waals surface area contributed by atoms with Gasteiger partial charge < -0.3 is 19.3 Å². The molecule has 1 saturated heterocycles. The number of carbonyl (C=O) groups excluding carboxylic acids is 1. The van der Waals surface area contributed by atoms with E-state index < -0.39 is 0 Å². The van der Waals surface area contributed by atoms with Gasteiger partial charge >= 0.3 is 0 Å². The van der Waals surface area contributed by atoms with Crippen LogP contribution in [0.4, 0.5) is 5.82 Å². The highest BCUT2D eigenvalue weighted by Gasteiger charge is 2.24. The van der Waals surface area contributed by atoms with E-state index in [4.69, 9.17) is 9.47 Å². The van der Waals surface area contributed by atoms with Gasteiger partial charge in [-0.15, -0.1) is 0 Å². The molecule has 0 N–H and O–H groups in total. The molecule has 2 aromatic rings. The van der Waals surface area contributed by atoms with Gasteiger partial charge in [-0.1, -0.05) is 0 Å². The van der Waals surface area contributed by atoms with Gasteiger partial charge in [-0.25, -0.2) is 4.98 Å². The van der Waals surface area contributed by atoms with Crippen LogP contribution in [0.1, 0.15) is 28.2 Å². The summed E-state index contributed by atoms with van der Waals surface area (Å²) in [5.41, 5.74) is 2.46. The van der Waals surface area contributed by atoms with Crippen LogP contribution in [0.3, 0.4) is 0 Å². The van der Waals surface area contributed by atoms with Crippen molar-refractivity contribution in [3.8, 4) is 11.5 Å². The Morgan fingerprint density at radius 1 is 1.08 bits per heavy atom. The minimum atomic E-state index is 0.0252. The van der Waals surface area contributed by atoms with Crippen LogP contribution in [0.5, 0.6) is 11.5 Å². The van der Waals surface area contributed by atoms with Crippen molar-refractivity contribution in [2.45, 2.75) is 20.3 Å². The van der Waals surface area contributed by atoms with Crippen molar-refractivity contribution in [1.82, 2.24) is 14.9 Å². The normalized spacial score (nSPS) is 16.5. The maximum atomic E-state index is 12.9. The van der Waals surface area contributed by atoms with Gasteiger partial charge in [0.25, 0.3) is 5.91 Å². The molecule has 2 aliphatic heterocycles. The lowest BCUT2D eigenvalue weighted by Gasteiger charge is -2.24. The van der Waals surface area contributed by atoms with E-state index >= 15 is 0 Å². The highest BCUT2D eigenvalue weighted by atomic mass is 16.7. The standard InChI is InChI=1S/C19H22N4O3/c1-13-11-20-14(2)18(21-13)22-6-3-7-23(9-8-22)19(24)15-4-5-16-17(10-15)26-12-25-16/h4-5,10-11H,3,6-9,12H2,1-2H3. The smallest absolute Gasteiger partial charge is 0.254 e. The van der Waals surface area contributed by atoms with E-state index in [0.717, 1.165) is 43.3 Å². The Bertz CT molecular complexity index is 840. The first-order chi connectivity index (χ1) is 12.6. The number of aromatic nitrogens is 2. The summed E-state index contributed by atoms with van der Waals surface area (Å²) in [6, 6.07) is 5.36. The number of anilines is 1. The molecule has 0 radical (unpaired) electrons. The Hall–Kier alpha value is -2.83. The maximum Gasteiger partial charge on any atom is 0.254 e. The lowest BCUT2D eigenvalue weighted by molar-refractivity contribution is 0.0766. The lowest BCUT2D eigenvalue weighted by atomic mass is 10.1. The molecule has 4 rings (SSSR count). The quantitative estimate of drug-likeness (QED) is 0.823. The van der Waals surface area contributed by atoms with Crippen molar-refractivity contribution in [1.29, 1.82) is 0 Å². The lowest BCUT2D eigenvalue weighted by Crippen LogP contribution is -2.35. The zero-order chi connectivity index (χ0) is 18.1. The first kappa shape index (κ1) is 16.6. The highest BCUT2D eigenvalue weighted by Crippen LogP contribution is 2.33. The summed E-state index contributed by atoms with van der Waals surface area (Å²) in [6.45, 7) is 7.12. The number of aryl methyl sites for hydroxylation is 2. The third-order valence-electron chi connectivity index (χ3n) is 4.75. The topological polar surface area (TPSA) is 67.8 Å². The van der Waals surface area contributed by atoms with E-state index in [1.165, 1.54) is 0 Å². The van der Waals surface area contributed by atoms with Crippen LogP contribution in [0, 0.1) is 13.8 Å². The second kappa shape index (κ2) is 6.82. The Morgan fingerprint density at radius 3 is 2.81 bits per heavy atom. The van der Waals surface area contributed by atoms with Gasteiger partial charge in [0.15, 0.2) is 11.5 Å². The monoisotopic (exact) mass is 354 g/mol. The fourth-order valence-electron chi connectivity index (χ4n) is 3.37. The number of carbonyl (C=O) groups is 1. The summed E-state index contributed by atoms with van der Waals surface area (Å²) in [7, 11) is 0. The molecule has 2 aliphatic rings. The number of amides is 1. The first-order valence-corrected chi connectivity index (χ1v) is 8.86. The largest absolute Gasteiger partial charge is 0.454 e. The predicted octanol–water partition coefficient (Wildman–Crippen LogP) is 2.17. The molecule has 0 aliphatic carbocycles. The van der Waals surface area contributed by atoms with Crippen molar-refractivity contribution in [2.75, 3.05) is 37.9 Å². The molecule has 0 unspecified atom stereocenters. The number of nitrogens with zero attached hydrogens (tertiary/aromatic N) is 4. The number of benzene rings is 1. The van der Waals surface area contributed by atoms with Gasteiger partial charge in [-0.05, 0) is 38.5 Å². The van der Waals surface area contributed by atoms with Crippen LogP contribution < -0.4 is 14.4 Å². The van der Waals surface area contributed by atoms with Gasteiger partial charge in [0.05, 0.1) is 11.4 Å². The molecule has 1 amide bonds. The molecule has 0 bridgehead atoms. The number of ether oxygens (including phenoxy) is 2. The second-order valence-corrected chi connectivity index (χ2v) is 6.62. The average Bonchev–Trinajstić information content (AvgIpc) is 2.98. The molecule has 1 aromatic heterocycles. The van der Waals surface area contributed by atoms with Crippen LogP contribution in [0.25, 0.3) is 0 Å². The van der Waals surface area contributed by atoms with Crippen LogP contribution in [-0.2, 0) is 0 Å². The average molecular weight is 354 g/mol. The molecule has 1 aromatic carbocycles. The summed E-state index contributed by atoms with van der Waals surface area (Å²) >= 11 is 0. The van der Waals surface area contributed by atoms with E-state index in [9.17, 15) is 4.79 Å². The Labute approximate surface area is 152 Å². The van der Waals surface area contributed by atoms with Crippen LogP contribution in [0.2, 0.25) is 0 Å². The van der Waals surface area contributed by atoms with Gasteiger partial charge in [0.1, 0.15) is 5.82 Å². The predicted molar refractivity (Wildman–Crippen MR) is 96.8 cm³/mol. The fourth-order valence-corrected chi connectivity index (χ4v) is 3.37. The number of rotatable bonds is 2. The Kier molecular flexibility index (Phi) is 4.36. The summed E-state index contributed by atoms with van der Waals surface area (Å²) in [5, 5.41) is 0. The molecule has 136 valence electrons. The van der Waals surface area contributed by atoms with Crippen molar-refractivity contribution < 1.29 is 14.3 Å². The molecule has 0 saturated carbocycles. The molecule has 3 heterocycles. The van der Waals surface area contributed by atoms with Crippen molar-refractivity contribution in [3.05, 3.63) is 41.3 Å². The van der Waals surface area contributed by atoms with Crippen LogP contribution in [0.15, 0.2) is 24.4 Å². The number of fused-ring (bicyclic) bond motifs is 1. The zero-order valence-corrected chi connectivity index (χ0v) is 15.1. The van der Waals surface area contributed by atoms with E-state index in [-0.39, 0.29) is 12.7 Å². The van der Waals surface area contributed by atoms with E-state index in [1.54, 1.807) is 24.4 Å². The number of hydrogen-bond donors (Lipinski definition) is 0. The first-order valence-electron chi connectivity index (χ1n) is 8.86. The van der Waals surface area contributed by atoms with Gasteiger partial charge in [-0.3, -0.25) is 9.78 Å². The third-order valence-corrected chi connectivity index (χ3v) is 4.75. The Balaban J connectivity index is 1.48. The summed E-state index contributed by atoms with van der Waals surface area (Å²) < 4.78 is 10.7. The molecule has 0 spiro atoms.